The van der Waals surface area contributed by atoms with Crippen molar-refractivity contribution < 1.29 is 0 Å². The lowest BCUT2D eigenvalue weighted by Crippen LogP contribution is -2.30. The van der Waals surface area contributed by atoms with Crippen LogP contribution in [-0.2, 0) is 16.2 Å². The Morgan fingerprint density at radius 3 is 1.34 bits per heavy atom. The fourth-order valence-corrected chi connectivity index (χ4v) is 10.8. The van der Waals surface area contributed by atoms with Crippen molar-refractivity contribution in [3.63, 3.8) is 0 Å². The fraction of sp³-hybridized carbons (Fsp3) is 0.127. The molecule has 0 heterocycles. The summed E-state index contributed by atoms with van der Waals surface area (Å²) in [6, 6.07) is 70.8. The predicted molar refractivity (Wildman–Crippen MR) is 234 cm³/mol. The first-order chi connectivity index (χ1) is 27.3. The van der Waals surface area contributed by atoms with E-state index in [0.717, 1.165) is 11.4 Å². The largest absolute Gasteiger partial charge is 0.310 e. The third kappa shape index (κ3) is 4.32. The molecule has 0 spiro atoms. The standard InChI is InChI=1S/C55H43N/c1-53(2)46-25-13-9-23-42(46)44-34-37(31-33-47(44)53)56(38-30-32-43-39-20-8-12-24-45(39)54(3,4)51(43)35-38)52-29-17-16-28-50(52)55(36-18-6-5-7-19-36)48-26-14-10-21-40(48)41-22-11-15-27-49(41)55/h5-35H,1-4H3. The van der Waals surface area contributed by atoms with Crippen molar-refractivity contribution >= 4 is 17.1 Å². The number of anilines is 3. The second-order valence-corrected chi connectivity index (χ2v) is 16.9. The average Bonchev–Trinajstić information content (AvgIpc) is 3.76. The van der Waals surface area contributed by atoms with Crippen molar-refractivity contribution in [2.24, 2.45) is 0 Å². The monoisotopic (exact) mass is 717 g/mol. The number of fused-ring (bicyclic) bond motifs is 9. The minimum Gasteiger partial charge on any atom is -0.310 e. The van der Waals surface area contributed by atoms with Gasteiger partial charge >= 0.3 is 0 Å². The van der Waals surface area contributed by atoms with E-state index in [0.29, 0.717) is 0 Å². The van der Waals surface area contributed by atoms with Gasteiger partial charge in [0.25, 0.3) is 0 Å². The van der Waals surface area contributed by atoms with E-state index in [-0.39, 0.29) is 10.8 Å². The van der Waals surface area contributed by atoms with Crippen LogP contribution in [0.2, 0.25) is 0 Å². The first-order valence-corrected chi connectivity index (χ1v) is 19.9. The molecule has 0 N–H and O–H groups in total. The molecule has 3 aliphatic rings. The molecule has 0 fully saturated rings. The first kappa shape index (κ1) is 32.9. The van der Waals surface area contributed by atoms with Crippen LogP contribution >= 0.6 is 0 Å². The van der Waals surface area contributed by atoms with Crippen LogP contribution in [0.25, 0.3) is 33.4 Å². The molecule has 0 amide bonds. The van der Waals surface area contributed by atoms with Gasteiger partial charge in [-0.25, -0.2) is 0 Å². The third-order valence-electron chi connectivity index (χ3n) is 13.4. The second kappa shape index (κ2) is 11.8. The summed E-state index contributed by atoms with van der Waals surface area (Å²) < 4.78 is 0. The maximum atomic E-state index is 2.55. The van der Waals surface area contributed by atoms with E-state index >= 15 is 0 Å². The summed E-state index contributed by atoms with van der Waals surface area (Å²) in [6.07, 6.45) is 0. The number of nitrogens with zero attached hydrogens (tertiary/aromatic N) is 1. The molecule has 8 aromatic rings. The number of hydrogen-bond acceptors (Lipinski definition) is 1. The molecule has 268 valence electrons. The number of para-hydroxylation sites is 1. The quantitative estimate of drug-likeness (QED) is 0.171. The Balaban J connectivity index is 1.22. The molecular formula is C55H43N. The van der Waals surface area contributed by atoms with Crippen LogP contribution in [0, 0.1) is 0 Å². The molecule has 11 rings (SSSR count). The van der Waals surface area contributed by atoms with Crippen LogP contribution in [0.4, 0.5) is 17.1 Å². The maximum Gasteiger partial charge on any atom is 0.0733 e. The zero-order valence-electron chi connectivity index (χ0n) is 32.3. The highest BCUT2D eigenvalue weighted by atomic mass is 15.1. The minimum atomic E-state index is -0.555. The lowest BCUT2D eigenvalue weighted by atomic mass is 9.67. The summed E-state index contributed by atoms with van der Waals surface area (Å²) in [4.78, 5) is 2.55. The topological polar surface area (TPSA) is 3.24 Å². The highest BCUT2D eigenvalue weighted by Crippen LogP contribution is 2.60. The summed E-state index contributed by atoms with van der Waals surface area (Å²) in [5.41, 5.74) is 21.3. The van der Waals surface area contributed by atoms with Gasteiger partial charge in [-0.1, -0.05) is 185 Å². The van der Waals surface area contributed by atoms with Crippen LogP contribution in [0.15, 0.2) is 188 Å². The lowest BCUT2D eigenvalue weighted by Gasteiger charge is -2.38. The Bertz CT molecular complexity index is 2830. The Morgan fingerprint density at radius 1 is 0.304 bits per heavy atom. The van der Waals surface area contributed by atoms with Gasteiger partial charge in [-0.2, -0.15) is 0 Å². The van der Waals surface area contributed by atoms with Crippen LogP contribution in [-0.4, -0.2) is 0 Å². The molecule has 0 bridgehead atoms. The molecular weight excluding hydrogens is 675 g/mol. The van der Waals surface area contributed by atoms with Crippen molar-refractivity contribution in [2.45, 2.75) is 43.9 Å². The first-order valence-electron chi connectivity index (χ1n) is 19.9. The van der Waals surface area contributed by atoms with Crippen molar-refractivity contribution in [3.8, 4) is 33.4 Å². The number of hydrogen-bond donors (Lipinski definition) is 0. The second-order valence-electron chi connectivity index (χ2n) is 16.9. The van der Waals surface area contributed by atoms with Crippen molar-refractivity contribution in [2.75, 3.05) is 4.90 Å². The molecule has 0 aromatic heterocycles. The molecule has 0 saturated heterocycles. The maximum absolute atomic E-state index is 2.55. The Morgan fingerprint density at radius 2 is 0.714 bits per heavy atom. The van der Waals surface area contributed by atoms with Gasteiger partial charge in [0.1, 0.15) is 0 Å². The van der Waals surface area contributed by atoms with E-state index in [4.69, 9.17) is 0 Å². The van der Waals surface area contributed by atoms with Gasteiger partial charge < -0.3 is 4.90 Å². The summed E-state index contributed by atoms with van der Waals surface area (Å²) in [6.45, 7) is 9.49. The zero-order valence-corrected chi connectivity index (χ0v) is 32.3. The van der Waals surface area contributed by atoms with Gasteiger partial charge in [0.15, 0.2) is 0 Å². The summed E-state index contributed by atoms with van der Waals surface area (Å²) >= 11 is 0. The Hall–Kier alpha value is -6.44. The molecule has 0 aliphatic heterocycles. The average molecular weight is 718 g/mol. The van der Waals surface area contributed by atoms with E-state index in [2.05, 4.69) is 221 Å². The van der Waals surface area contributed by atoms with Crippen LogP contribution in [0.1, 0.15) is 72.2 Å². The zero-order chi connectivity index (χ0) is 37.8. The van der Waals surface area contributed by atoms with Gasteiger partial charge in [0, 0.05) is 22.2 Å². The molecule has 0 saturated carbocycles. The molecule has 8 aromatic carbocycles. The summed E-state index contributed by atoms with van der Waals surface area (Å²) in [5, 5.41) is 0. The summed E-state index contributed by atoms with van der Waals surface area (Å²) in [5.74, 6) is 0. The summed E-state index contributed by atoms with van der Waals surface area (Å²) in [7, 11) is 0. The molecule has 1 heteroatoms. The molecule has 0 radical (unpaired) electrons. The van der Waals surface area contributed by atoms with E-state index in [9.17, 15) is 0 Å². The highest BCUT2D eigenvalue weighted by molar-refractivity contribution is 5.93. The highest BCUT2D eigenvalue weighted by Gasteiger charge is 2.48. The molecule has 0 atom stereocenters. The predicted octanol–water partition coefficient (Wildman–Crippen LogP) is 14.1. The van der Waals surface area contributed by atoms with E-state index in [1.54, 1.807) is 0 Å². The number of benzene rings is 8. The molecule has 56 heavy (non-hydrogen) atoms. The minimum absolute atomic E-state index is 0.0782. The van der Waals surface area contributed by atoms with Crippen LogP contribution in [0.5, 0.6) is 0 Å². The van der Waals surface area contributed by atoms with Crippen LogP contribution < -0.4 is 4.90 Å². The molecule has 3 aliphatic carbocycles. The van der Waals surface area contributed by atoms with E-state index < -0.39 is 5.41 Å². The van der Waals surface area contributed by atoms with Crippen molar-refractivity contribution in [1.82, 2.24) is 0 Å². The van der Waals surface area contributed by atoms with E-state index in [1.807, 2.05) is 0 Å². The SMILES string of the molecule is CC1(C)c2ccccc2-c2cc(N(c3ccc4c(c3)C(C)(C)c3ccccc3-4)c3ccccc3C3(c4ccccc4)c4ccccc4-c4ccccc43)ccc21. The fourth-order valence-electron chi connectivity index (χ4n) is 10.8. The van der Waals surface area contributed by atoms with Crippen LogP contribution in [0.3, 0.4) is 0 Å². The smallest absolute Gasteiger partial charge is 0.0733 e. The Labute approximate surface area is 330 Å². The molecule has 1 nitrogen and oxygen atoms in total. The van der Waals surface area contributed by atoms with Gasteiger partial charge in [0.05, 0.1) is 11.1 Å². The molecule has 0 unspecified atom stereocenters. The number of rotatable bonds is 5. The normalized spacial score (nSPS) is 15.6. The Kier molecular flexibility index (Phi) is 6.93. The van der Waals surface area contributed by atoms with Gasteiger partial charge in [-0.15, -0.1) is 0 Å². The van der Waals surface area contributed by atoms with Gasteiger partial charge in [-0.05, 0) is 108 Å². The lowest BCUT2D eigenvalue weighted by molar-refractivity contribution is 0.660. The van der Waals surface area contributed by atoms with Crippen molar-refractivity contribution in [1.29, 1.82) is 0 Å². The third-order valence-corrected chi connectivity index (χ3v) is 13.4. The van der Waals surface area contributed by atoms with Gasteiger partial charge in [-0.3, -0.25) is 0 Å². The van der Waals surface area contributed by atoms with E-state index in [1.165, 1.54) is 83.6 Å². The van der Waals surface area contributed by atoms with Gasteiger partial charge in [0.2, 0.25) is 0 Å². The van der Waals surface area contributed by atoms with Crippen molar-refractivity contribution in [3.05, 3.63) is 233 Å².